The minimum atomic E-state index is 0.495. The van der Waals surface area contributed by atoms with Crippen LogP contribution in [0.3, 0.4) is 0 Å². The monoisotopic (exact) mass is 395 g/mol. The molecule has 30 heavy (non-hydrogen) atoms. The molecule has 0 fully saturated rings. The molecule has 8 heteroatoms. The highest BCUT2D eigenvalue weighted by molar-refractivity contribution is 5.76. The number of furan rings is 1. The standard InChI is InChI=1S/C22H17N7O/c1-2-5-19(29-10-9-24-15-29)16(4-1)12-26-22-27-13-17(18-14-23-7-8-25-18)21(28-22)20-6-3-11-30-20/h1-11,13-15H,12H2,(H,26,27,28). The van der Waals surface area contributed by atoms with Crippen molar-refractivity contribution in [1.29, 1.82) is 0 Å². The fourth-order valence-electron chi connectivity index (χ4n) is 3.18. The normalized spacial score (nSPS) is 10.8. The molecule has 0 radical (unpaired) electrons. The van der Waals surface area contributed by atoms with Gasteiger partial charge in [-0.1, -0.05) is 18.2 Å². The average Bonchev–Trinajstić information content (AvgIpc) is 3.53. The van der Waals surface area contributed by atoms with Crippen LogP contribution in [0.2, 0.25) is 0 Å². The molecule has 4 heterocycles. The second-order valence-electron chi connectivity index (χ2n) is 6.48. The molecule has 1 N–H and O–H groups in total. The maximum Gasteiger partial charge on any atom is 0.223 e. The van der Waals surface area contributed by atoms with Crippen LogP contribution >= 0.6 is 0 Å². The molecule has 0 atom stereocenters. The minimum Gasteiger partial charge on any atom is -0.463 e. The highest BCUT2D eigenvalue weighted by Crippen LogP contribution is 2.29. The van der Waals surface area contributed by atoms with Crippen molar-refractivity contribution in [1.82, 2.24) is 29.5 Å². The number of hydrogen-bond donors (Lipinski definition) is 1. The smallest absolute Gasteiger partial charge is 0.223 e. The van der Waals surface area contributed by atoms with Crippen molar-refractivity contribution in [3.8, 4) is 28.4 Å². The Labute approximate surface area is 172 Å². The van der Waals surface area contributed by atoms with Gasteiger partial charge in [-0.25, -0.2) is 15.0 Å². The van der Waals surface area contributed by atoms with Gasteiger partial charge in [-0.15, -0.1) is 0 Å². The molecule has 0 saturated carbocycles. The Morgan fingerprint density at radius 2 is 1.90 bits per heavy atom. The van der Waals surface area contributed by atoms with Crippen LogP contribution in [0.4, 0.5) is 5.95 Å². The molecule has 0 saturated heterocycles. The van der Waals surface area contributed by atoms with E-state index < -0.39 is 0 Å². The molecule has 0 aliphatic carbocycles. The lowest BCUT2D eigenvalue weighted by atomic mass is 10.1. The first kappa shape index (κ1) is 17.7. The first-order valence-electron chi connectivity index (χ1n) is 9.36. The summed E-state index contributed by atoms with van der Waals surface area (Å²) in [6.07, 6.45) is 13.8. The van der Waals surface area contributed by atoms with Crippen LogP contribution in [-0.4, -0.2) is 29.5 Å². The molecule has 0 aliphatic heterocycles. The molecular formula is C22H17N7O. The van der Waals surface area contributed by atoms with E-state index in [4.69, 9.17) is 9.40 Å². The van der Waals surface area contributed by atoms with Gasteiger partial charge in [-0.2, -0.15) is 0 Å². The van der Waals surface area contributed by atoms with Crippen molar-refractivity contribution in [2.75, 3.05) is 5.32 Å². The topological polar surface area (TPSA) is 94.6 Å². The molecule has 0 spiro atoms. The lowest BCUT2D eigenvalue weighted by Gasteiger charge is -2.12. The summed E-state index contributed by atoms with van der Waals surface area (Å²) in [5.74, 6) is 1.13. The summed E-state index contributed by atoms with van der Waals surface area (Å²) in [6.45, 7) is 0.552. The summed E-state index contributed by atoms with van der Waals surface area (Å²) in [6, 6.07) is 11.8. The number of aromatic nitrogens is 6. The van der Waals surface area contributed by atoms with Gasteiger partial charge in [0.05, 0.1) is 30.2 Å². The van der Waals surface area contributed by atoms with Gasteiger partial charge < -0.3 is 14.3 Å². The van der Waals surface area contributed by atoms with Crippen molar-refractivity contribution in [2.24, 2.45) is 0 Å². The number of nitrogens with zero attached hydrogens (tertiary/aromatic N) is 6. The molecule has 0 amide bonds. The predicted molar refractivity (Wildman–Crippen MR) is 112 cm³/mol. The van der Waals surface area contributed by atoms with E-state index in [0.717, 1.165) is 16.8 Å². The zero-order chi connectivity index (χ0) is 20.2. The van der Waals surface area contributed by atoms with Gasteiger partial charge in [-0.05, 0) is 23.8 Å². The van der Waals surface area contributed by atoms with E-state index >= 15 is 0 Å². The van der Waals surface area contributed by atoms with E-state index in [2.05, 4.69) is 31.3 Å². The van der Waals surface area contributed by atoms with Crippen LogP contribution in [0.15, 0.2) is 90.6 Å². The van der Waals surface area contributed by atoms with Crippen LogP contribution in [0, 0.1) is 0 Å². The molecule has 1 aromatic carbocycles. The maximum atomic E-state index is 5.59. The summed E-state index contributed by atoms with van der Waals surface area (Å²) in [7, 11) is 0. The number of nitrogens with one attached hydrogen (secondary N) is 1. The molecule has 5 aromatic rings. The first-order chi connectivity index (χ1) is 14.9. The molecule has 4 aromatic heterocycles. The summed E-state index contributed by atoms with van der Waals surface area (Å²) in [5.41, 5.74) is 4.23. The van der Waals surface area contributed by atoms with E-state index in [1.165, 1.54) is 0 Å². The van der Waals surface area contributed by atoms with E-state index in [1.54, 1.807) is 43.6 Å². The Balaban J connectivity index is 1.46. The summed E-state index contributed by atoms with van der Waals surface area (Å²) in [5, 5.41) is 3.31. The van der Waals surface area contributed by atoms with Gasteiger partial charge in [-0.3, -0.25) is 9.97 Å². The summed E-state index contributed by atoms with van der Waals surface area (Å²) >= 11 is 0. The molecular weight excluding hydrogens is 378 g/mol. The number of benzene rings is 1. The summed E-state index contributed by atoms with van der Waals surface area (Å²) < 4.78 is 7.57. The van der Waals surface area contributed by atoms with Gasteiger partial charge in [0.1, 0.15) is 5.69 Å². The lowest BCUT2D eigenvalue weighted by molar-refractivity contribution is 0.580. The van der Waals surface area contributed by atoms with Gasteiger partial charge in [0.25, 0.3) is 0 Å². The van der Waals surface area contributed by atoms with Crippen LogP contribution in [-0.2, 0) is 6.54 Å². The SMILES string of the molecule is c1coc(-c2nc(NCc3ccccc3-n3ccnc3)ncc2-c2cnccn2)c1. The first-order valence-corrected chi connectivity index (χ1v) is 9.36. The highest BCUT2D eigenvalue weighted by atomic mass is 16.3. The summed E-state index contributed by atoms with van der Waals surface area (Å²) in [4.78, 5) is 21.8. The van der Waals surface area contributed by atoms with Crippen LogP contribution in [0.1, 0.15) is 5.56 Å². The predicted octanol–water partition coefficient (Wildman–Crippen LogP) is 3.99. The van der Waals surface area contributed by atoms with Crippen molar-refractivity contribution in [3.05, 3.63) is 91.7 Å². The zero-order valence-corrected chi connectivity index (χ0v) is 15.9. The Bertz CT molecular complexity index is 1240. The molecule has 8 nitrogen and oxygen atoms in total. The fourth-order valence-corrected chi connectivity index (χ4v) is 3.18. The number of rotatable bonds is 6. The molecule has 146 valence electrons. The molecule has 0 aliphatic rings. The largest absolute Gasteiger partial charge is 0.463 e. The van der Waals surface area contributed by atoms with Crippen molar-refractivity contribution >= 4 is 5.95 Å². The lowest BCUT2D eigenvalue weighted by Crippen LogP contribution is -2.07. The second-order valence-corrected chi connectivity index (χ2v) is 6.48. The molecule has 0 bridgehead atoms. The quantitative estimate of drug-likeness (QED) is 0.464. The van der Waals surface area contributed by atoms with Gasteiger partial charge in [0.15, 0.2) is 5.76 Å². The third-order valence-corrected chi connectivity index (χ3v) is 4.59. The number of anilines is 1. The highest BCUT2D eigenvalue weighted by Gasteiger charge is 2.15. The zero-order valence-electron chi connectivity index (χ0n) is 15.9. The van der Waals surface area contributed by atoms with E-state index in [1.807, 2.05) is 41.1 Å². The third-order valence-electron chi connectivity index (χ3n) is 4.59. The van der Waals surface area contributed by atoms with E-state index in [0.29, 0.717) is 29.6 Å². The molecule has 0 unspecified atom stereocenters. The van der Waals surface area contributed by atoms with E-state index in [-0.39, 0.29) is 0 Å². The Morgan fingerprint density at radius 1 is 0.933 bits per heavy atom. The second kappa shape index (κ2) is 7.96. The Kier molecular flexibility index (Phi) is 4.71. The number of imidazole rings is 1. The fraction of sp³-hybridized carbons (Fsp3) is 0.0455. The minimum absolute atomic E-state index is 0.495. The third kappa shape index (κ3) is 3.53. The number of para-hydroxylation sites is 1. The van der Waals surface area contributed by atoms with Crippen molar-refractivity contribution in [2.45, 2.75) is 6.54 Å². The van der Waals surface area contributed by atoms with Gasteiger partial charge >= 0.3 is 0 Å². The Hall–Kier alpha value is -4.33. The van der Waals surface area contributed by atoms with Crippen LogP contribution in [0.25, 0.3) is 28.4 Å². The van der Waals surface area contributed by atoms with Crippen molar-refractivity contribution < 1.29 is 4.42 Å². The van der Waals surface area contributed by atoms with E-state index in [9.17, 15) is 0 Å². The van der Waals surface area contributed by atoms with Gasteiger partial charge in [0.2, 0.25) is 5.95 Å². The number of hydrogen-bond acceptors (Lipinski definition) is 7. The van der Waals surface area contributed by atoms with Crippen LogP contribution in [0.5, 0.6) is 0 Å². The maximum absolute atomic E-state index is 5.59. The molecule has 5 rings (SSSR count). The van der Waals surface area contributed by atoms with Crippen LogP contribution < -0.4 is 5.32 Å². The van der Waals surface area contributed by atoms with Crippen molar-refractivity contribution in [3.63, 3.8) is 0 Å². The Morgan fingerprint density at radius 3 is 2.70 bits per heavy atom. The average molecular weight is 395 g/mol. The van der Waals surface area contributed by atoms with Gasteiger partial charge in [0, 0.05) is 43.1 Å².